The summed E-state index contributed by atoms with van der Waals surface area (Å²) in [6, 6.07) is 8.23. The van der Waals surface area contributed by atoms with E-state index in [4.69, 9.17) is 0 Å². The molecule has 17 heavy (non-hydrogen) atoms. The number of carbonyl (C=O) groups excluding carboxylic acids is 1. The van der Waals surface area contributed by atoms with Gasteiger partial charge in [-0.15, -0.1) is 0 Å². The summed E-state index contributed by atoms with van der Waals surface area (Å²) in [5.74, 6) is 0.00748. The zero-order chi connectivity index (χ0) is 13.1. The SMILES string of the molecule is CNC(C)(C)C(=O)N[C@@H](C)c1ccc(C)cc1. The number of nitrogens with one attached hydrogen (secondary N) is 2. The van der Waals surface area contributed by atoms with E-state index in [2.05, 4.69) is 29.7 Å². The van der Waals surface area contributed by atoms with Gasteiger partial charge >= 0.3 is 0 Å². The minimum Gasteiger partial charge on any atom is -0.348 e. The summed E-state index contributed by atoms with van der Waals surface area (Å²) in [4.78, 5) is 12.0. The Labute approximate surface area is 104 Å². The molecule has 94 valence electrons. The van der Waals surface area contributed by atoms with Crippen molar-refractivity contribution in [3.05, 3.63) is 35.4 Å². The number of carbonyl (C=O) groups is 1. The highest BCUT2D eigenvalue weighted by atomic mass is 16.2. The molecule has 0 aliphatic heterocycles. The highest BCUT2D eigenvalue weighted by Gasteiger charge is 2.26. The molecular formula is C14H22N2O. The average Bonchev–Trinajstić information content (AvgIpc) is 2.29. The zero-order valence-electron chi connectivity index (χ0n) is 11.3. The lowest BCUT2D eigenvalue weighted by molar-refractivity contribution is -0.126. The van der Waals surface area contributed by atoms with Crippen LogP contribution in [0.3, 0.4) is 0 Å². The van der Waals surface area contributed by atoms with E-state index in [9.17, 15) is 4.79 Å². The minimum atomic E-state index is -0.543. The van der Waals surface area contributed by atoms with Crippen LogP contribution in [0.25, 0.3) is 0 Å². The number of benzene rings is 1. The smallest absolute Gasteiger partial charge is 0.240 e. The molecule has 0 spiro atoms. The van der Waals surface area contributed by atoms with Crippen molar-refractivity contribution in [1.82, 2.24) is 10.6 Å². The highest BCUT2D eigenvalue weighted by molar-refractivity contribution is 5.85. The third kappa shape index (κ3) is 3.56. The molecule has 0 aliphatic rings. The summed E-state index contributed by atoms with van der Waals surface area (Å²) >= 11 is 0. The molecule has 1 aromatic carbocycles. The average molecular weight is 234 g/mol. The van der Waals surface area contributed by atoms with Crippen LogP contribution in [0.15, 0.2) is 24.3 Å². The lowest BCUT2D eigenvalue weighted by Crippen LogP contribution is -2.51. The van der Waals surface area contributed by atoms with E-state index in [0.29, 0.717) is 0 Å². The van der Waals surface area contributed by atoms with E-state index in [1.807, 2.05) is 32.9 Å². The molecule has 2 N–H and O–H groups in total. The fourth-order valence-electron chi connectivity index (χ4n) is 1.43. The Balaban J connectivity index is 2.70. The van der Waals surface area contributed by atoms with Crippen LogP contribution in [0.1, 0.15) is 37.9 Å². The van der Waals surface area contributed by atoms with Crippen LogP contribution in [-0.2, 0) is 4.79 Å². The second-order valence-corrected chi connectivity index (χ2v) is 4.98. The molecule has 1 rings (SSSR count). The van der Waals surface area contributed by atoms with Crippen molar-refractivity contribution in [3.8, 4) is 0 Å². The van der Waals surface area contributed by atoms with E-state index < -0.39 is 5.54 Å². The molecule has 0 unspecified atom stereocenters. The quantitative estimate of drug-likeness (QED) is 0.838. The Bertz CT molecular complexity index is 382. The number of hydrogen-bond acceptors (Lipinski definition) is 2. The van der Waals surface area contributed by atoms with Crippen LogP contribution in [0, 0.1) is 6.92 Å². The largest absolute Gasteiger partial charge is 0.348 e. The first kappa shape index (κ1) is 13.7. The van der Waals surface area contributed by atoms with Crippen LogP contribution >= 0.6 is 0 Å². The minimum absolute atomic E-state index is 0.00748. The Kier molecular flexibility index (Phi) is 4.29. The van der Waals surface area contributed by atoms with Crippen molar-refractivity contribution in [3.63, 3.8) is 0 Å². The Morgan fingerprint density at radius 2 is 1.76 bits per heavy atom. The number of rotatable bonds is 4. The fraction of sp³-hybridized carbons (Fsp3) is 0.500. The van der Waals surface area contributed by atoms with Gasteiger partial charge in [0.15, 0.2) is 0 Å². The summed E-state index contributed by atoms with van der Waals surface area (Å²) in [7, 11) is 1.79. The van der Waals surface area contributed by atoms with Gasteiger partial charge in [-0.2, -0.15) is 0 Å². The maximum absolute atomic E-state index is 12.0. The normalized spacial score (nSPS) is 13.2. The predicted octanol–water partition coefficient (Wildman–Crippen LogP) is 2.17. The van der Waals surface area contributed by atoms with Gasteiger partial charge in [0.2, 0.25) is 5.91 Å². The molecule has 0 saturated heterocycles. The van der Waals surface area contributed by atoms with Gasteiger partial charge in [-0.25, -0.2) is 0 Å². The van der Waals surface area contributed by atoms with E-state index in [1.165, 1.54) is 5.56 Å². The Morgan fingerprint density at radius 1 is 1.24 bits per heavy atom. The van der Waals surface area contributed by atoms with Gasteiger partial charge in [-0.05, 0) is 40.3 Å². The number of amides is 1. The van der Waals surface area contributed by atoms with Gasteiger partial charge in [0, 0.05) is 0 Å². The Morgan fingerprint density at radius 3 is 2.24 bits per heavy atom. The molecule has 1 atom stereocenters. The molecular weight excluding hydrogens is 212 g/mol. The molecule has 0 aromatic heterocycles. The number of hydrogen-bond donors (Lipinski definition) is 2. The van der Waals surface area contributed by atoms with Crippen molar-refractivity contribution < 1.29 is 4.79 Å². The zero-order valence-corrected chi connectivity index (χ0v) is 11.3. The van der Waals surface area contributed by atoms with Crippen molar-refractivity contribution in [1.29, 1.82) is 0 Å². The number of aryl methyl sites for hydroxylation is 1. The first-order valence-corrected chi connectivity index (χ1v) is 5.93. The molecule has 1 amide bonds. The second kappa shape index (κ2) is 5.32. The van der Waals surface area contributed by atoms with Crippen molar-refractivity contribution in [2.75, 3.05) is 7.05 Å². The summed E-state index contributed by atoms with van der Waals surface area (Å²) < 4.78 is 0. The summed E-state index contributed by atoms with van der Waals surface area (Å²) in [5, 5.41) is 6.00. The van der Waals surface area contributed by atoms with Crippen molar-refractivity contribution in [2.24, 2.45) is 0 Å². The highest BCUT2D eigenvalue weighted by Crippen LogP contribution is 2.14. The first-order chi connectivity index (χ1) is 7.86. The van der Waals surface area contributed by atoms with Gasteiger partial charge in [0.1, 0.15) is 0 Å². The van der Waals surface area contributed by atoms with Crippen molar-refractivity contribution in [2.45, 2.75) is 39.3 Å². The molecule has 1 aromatic rings. The molecule has 0 bridgehead atoms. The third-order valence-corrected chi connectivity index (χ3v) is 3.12. The first-order valence-electron chi connectivity index (χ1n) is 5.93. The maximum Gasteiger partial charge on any atom is 0.240 e. The van der Waals surface area contributed by atoms with Gasteiger partial charge in [-0.1, -0.05) is 29.8 Å². The van der Waals surface area contributed by atoms with E-state index >= 15 is 0 Å². The lowest BCUT2D eigenvalue weighted by Gasteiger charge is -2.25. The van der Waals surface area contributed by atoms with E-state index in [1.54, 1.807) is 7.05 Å². The molecule has 3 heteroatoms. The molecule has 0 heterocycles. The summed E-state index contributed by atoms with van der Waals surface area (Å²) in [6.45, 7) is 7.78. The lowest BCUT2D eigenvalue weighted by atomic mass is 10.0. The summed E-state index contributed by atoms with van der Waals surface area (Å²) in [6.07, 6.45) is 0. The fourth-order valence-corrected chi connectivity index (χ4v) is 1.43. The van der Waals surface area contributed by atoms with Crippen LogP contribution in [-0.4, -0.2) is 18.5 Å². The van der Waals surface area contributed by atoms with Crippen LogP contribution in [0.4, 0.5) is 0 Å². The van der Waals surface area contributed by atoms with Crippen LogP contribution in [0.5, 0.6) is 0 Å². The molecule has 0 fully saturated rings. The maximum atomic E-state index is 12.0. The molecule has 0 radical (unpaired) electrons. The topological polar surface area (TPSA) is 41.1 Å². The molecule has 0 aliphatic carbocycles. The van der Waals surface area contributed by atoms with Crippen LogP contribution in [0.2, 0.25) is 0 Å². The van der Waals surface area contributed by atoms with Gasteiger partial charge in [0.05, 0.1) is 11.6 Å². The number of likely N-dealkylation sites (N-methyl/N-ethyl adjacent to an activating group) is 1. The standard InChI is InChI=1S/C14H22N2O/c1-10-6-8-12(9-7-10)11(2)16-13(17)14(3,4)15-5/h6-9,11,15H,1-5H3,(H,16,17)/t11-/m0/s1. The predicted molar refractivity (Wildman–Crippen MR) is 70.9 cm³/mol. The van der Waals surface area contributed by atoms with E-state index in [-0.39, 0.29) is 11.9 Å². The van der Waals surface area contributed by atoms with Gasteiger partial charge < -0.3 is 10.6 Å². The van der Waals surface area contributed by atoms with Gasteiger partial charge in [0.25, 0.3) is 0 Å². The van der Waals surface area contributed by atoms with Crippen LogP contribution < -0.4 is 10.6 Å². The molecule has 3 nitrogen and oxygen atoms in total. The summed E-state index contributed by atoms with van der Waals surface area (Å²) in [5.41, 5.74) is 1.80. The van der Waals surface area contributed by atoms with Gasteiger partial charge in [-0.3, -0.25) is 4.79 Å². The monoisotopic (exact) mass is 234 g/mol. The Hall–Kier alpha value is -1.35. The third-order valence-electron chi connectivity index (χ3n) is 3.12. The van der Waals surface area contributed by atoms with E-state index in [0.717, 1.165) is 5.56 Å². The second-order valence-electron chi connectivity index (χ2n) is 4.98. The molecule has 0 saturated carbocycles. The van der Waals surface area contributed by atoms with Crippen molar-refractivity contribution >= 4 is 5.91 Å².